The van der Waals surface area contributed by atoms with Crippen LogP contribution in [-0.2, 0) is 0 Å². The fraction of sp³-hybridized carbons (Fsp3) is 0. The molecule has 3 aromatic rings. The van der Waals surface area contributed by atoms with Crippen molar-refractivity contribution in [1.29, 1.82) is 0 Å². The summed E-state index contributed by atoms with van der Waals surface area (Å²) in [5.74, 6) is -0.195. The van der Waals surface area contributed by atoms with Crippen molar-refractivity contribution in [3.8, 4) is 11.1 Å². The molecule has 1 aromatic heterocycles. The first-order valence-electron chi connectivity index (χ1n) is 6.91. The van der Waals surface area contributed by atoms with Gasteiger partial charge in [-0.1, -0.05) is 47.5 Å². The number of nitrogens with zero attached hydrogens (tertiary/aromatic N) is 1. The summed E-state index contributed by atoms with van der Waals surface area (Å²) >= 11 is 12.1. The van der Waals surface area contributed by atoms with Crippen LogP contribution in [0.15, 0.2) is 67.0 Å². The number of carbonyl (C=O) groups excluding carboxylic acids is 1. The summed E-state index contributed by atoms with van der Waals surface area (Å²) in [6.07, 6.45) is 3.17. The summed E-state index contributed by atoms with van der Waals surface area (Å²) in [7, 11) is 0. The molecule has 0 radical (unpaired) electrons. The molecule has 2 aromatic carbocycles. The monoisotopic (exact) mass is 342 g/mol. The Bertz CT molecular complexity index is 851. The average molecular weight is 343 g/mol. The SMILES string of the molecule is O=C(Nc1ccccc1-c1ccc(Cl)c(Cl)c1)c1ccncc1. The topological polar surface area (TPSA) is 42.0 Å². The standard InChI is InChI=1S/C18H12Cl2N2O/c19-15-6-5-13(11-16(15)20)14-3-1-2-4-17(14)22-18(23)12-7-9-21-10-8-12/h1-11H,(H,22,23). The number of anilines is 1. The van der Waals surface area contributed by atoms with Gasteiger partial charge in [0.25, 0.3) is 5.91 Å². The Hall–Kier alpha value is -2.36. The third-order valence-corrected chi connectivity index (χ3v) is 4.09. The zero-order valence-corrected chi connectivity index (χ0v) is 13.5. The number of nitrogens with one attached hydrogen (secondary N) is 1. The number of halogens is 2. The van der Waals surface area contributed by atoms with Gasteiger partial charge in [-0.3, -0.25) is 9.78 Å². The molecule has 3 nitrogen and oxygen atoms in total. The largest absolute Gasteiger partial charge is 0.321 e. The quantitative estimate of drug-likeness (QED) is 0.700. The van der Waals surface area contributed by atoms with E-state index in [1.807, 2.05) is 30.3 Å². The number of pyridine rings is 1. The lowest BCUT2D eigenvalue weighted by atomic mass is 10.0. The van der Waals surface area contributed by atoms with E-state index in [-0.39, 0.29) is 5.91 Å². The molecular formula is C18H12Cl2N2O. The summed E-state index contributed by atoms with van der Waals surface area (Å²) in [5.41, 5.74) is 3.00. The lowest BCUT2D eigenvalue weighted by Crippen LogP contribution is -2.12. The molecule has 3 rings (SSSR count). The van der Waals surface area contributed by atoms with Crippen molar-refractivity contribution in [1.82, 2.24) is 4.98 Å². The Morgan fingerprint density at radius 1 is 0.913 bits per heavy atom. The van der Waals surface area contributed by atoms with Crippen LogP contribution in [0, 0.1) is 0 Å². The third kappa shape index (κ3) is 3.52. The van der Waals surface area contributed by atoms with Gasteiger partial charge in [-0.2, -0.15) is 0 Å². The van der Waals surface area contributed by atoms with Crippen LogP contribution >= 0.6 is 23.2 Å². The molecule has 23 heavy (non-hydrogen) atoms. The molecule has 0 fully saturated rings. The van der Waals surface area contributed by atoms with E-state index in [2.05, 4.69) is 10.3 Å². The maximum Gasteiger partial charge on any atom is 0.255 e. The smallest absolute Gasteiger partial charge is 0.255 e. The fourth-order valence-electron chi connectivity index (χ4n) is 2.21. The van der Waals surface area contributed by atoms with E-state index < -0.39 is 0 Å². The molecule has 0 spiro atoms. The first-order chi connectivity index (χ1) is 11.1. The molecule has 5 heteroatoms. The Kier molecular flexibility index (Phi) is 4.60. The molecule has 0 bridgehead atoms. The summed E-state index contributed by atoms with van der Waals surface area (Å²) in [6.45, 7) is 0. The molecule has 0 saturated heterocycles. The van der Waals surface area contributed by atoms with E-state index in [0.717, 1.165) is 11.1 Å². The van der Waals surface area contributed by atoms with Crippen molar-refractivity contribution < 1.29 is 4.79 Å². The Balaban J connectivity index is 1.95. The van der Waals surface area contributed by atoms with Crippen LogP contribution in [0.3, 0.4) is 0 Å². The highest BCUT2D eigenvalue weighted by molar-refractivity contribution is 6.42. The Morgan fingerprint density at radius 2 is 1.65 bits per heavy atom. The van der Waals surface area contributed by atoms with Gasteiger partial charge < -0.3 is 5.32 Å². The van der Waals surface area contributed by atoms with Gasteiger partial charge in [0.05, 0.1) is 10.0 Å². The van der Waals surface area contributed by atoms with Crippen LogP contribution in [0.4, 0.5) is 5.69 Å². The summed E-state index contributed by atoms with van der Waals surface area (Å²) in [4.78, 5) is 16.2. The number of aromatic nitrogens is 1. The molecule has 0 saturated carbocycles. The Morgan fingerprint density at radius 3 is 2.39 bits per heavy atom. The number of rotatable bonds is 3. The van der Waals surface area contributed by atoms with Gasteiger partial charge in [-0.15, -0.1) is 0 Å². The highest BCUT2D eigenvalue weighted by atomic mass is 35.5. The number of carbonyl (C=O) groups is 1. The number of hydrogen-bond acceptors (Lipinski definition) is 2. The van der Waals surface area contributed by atoms with Crippen molar-refractivity contribution in [3.05, 3.63) is 82.6 Å². The zero-order valence-electron chi connectivity index (χ0n) is 12.0. The number of para-hydroxylation sites is 1. The normalized spacial score (nSPS) is 10.3. The van der Waals surface area contributed by atoms with Gasteiger partial charge in [-0.05, 0) is 35.9 Å². The molecule has 0 atom stereocenters. The van der Waals surface area contributed by atoms with Crippen LogP contribution in [-0.4, -0.2) is 10.9 Å². The molecule has 0 aliphatic rings. The van der Waals surface area contributed by atoms with Crippen LogP contribution in [0.25, 0.3) is 11.1 Å². The number of hydrogen-bond donors (Lipinski definition) is 1. The van der Waals surface area contributed by atoms with Crippen LogP contribution in [0.1, 0.15) is 10.4 Å². The second-order valence-corrected chi connectivity index (χ2v) is 5.68. The summed E-state index contributed by atoms with van der Waals surface area (Å²) in [5, 5.41) is 3.88. The molecule has 0 aliphatic heterocycles. The van der Waals surface area contributed by atoms with Crippen molar-refractivity contribution in [2.75, 3.05) is 5.32 Å². The maximum atomic E-state index is 12.3. The third-order valence-electron chi connectivity index (χ3n) is 3.35. The predicted octanol–water partition coefficient (Wildman–Crippen LogP) is 5.31. The van der Waals surface area contributed by atoms with E-state index in [1.165, 1.54) is 0 Å². The van der Waals surface area contributed by atoms with Crippen LogP contribution < -0.4 is 5.32 Å². The summed E-state index contributed by atoms with van der Waals surface area (Å²) < 4.78 is 0. The first kappa shape index (κ1) is 15.5. The highest BCUT2D eigenvalue weighted by Gasteiger charge is 2.11. The van der Waals surface area contributed by atoms with Crippen molar-refractivity contribution >= 4 is 34.8 Å². The van der Waals surface area contributed by atoms with Crippen molar-refractivity contribution in [2.45, 2.75) is 0 Å². The van der Waals surface area contributed by atoms with Gasteiger partial charge in [0.1, 0.15) is 0 Å². The minimum Gasteiger partial charge on any atom is -0.321 e. The van der Waals surface area contributed by atoms with E-state index in [0.29, 0.717) is 21.3 Å². The average Bonchev–Trinajstić information content (AvgIpc) is 2.59. The predicted molar refractivity (Wildman–Crippen MR) is 94.1 cm³/mol. The minimum atomic E-state index is -0.195. The number of amides is 1. The van der Waals surface area contributed by atoms with Gasteiger partial charge in [0.15, 0.2) is 0 Å². The lowest BCUT2D eigenvalue weighted by molar-refractivity contribution is 0.102. The van der Waals surface area contributed by atoms with E-state index in [4.69, 9.17) is 23.2 Å². The van der Waals surface area contributed by atoms with Crippen molar-refractivity contribution in [2.24, 2.45) is 0 Å². The minimum absolute atomic E-state index is 0.195. The molecular weight excluding hydrogens is 331 g/mol. The Labute approximate surface area is 143 Å². The lowest BCUT2D eigenvalue weighted by Gasteiger charge is -2.12. The van der Waals surface area contributed by atoms with Gasteiger partial charge in [0.2, 0.25) is 0 Å². The molecule has 1 amide bonds. The molecule has 1 heterocycles. The first-order valence-corrected chi connectivity index (χ1v) is 7.66. The van der Waals surface area contributed by atoms with Crippen LogP contribution in [0.2, 0.25) is 10.0 Å². The van der Waals surface area contributed by atoms with Crippen LogP contribution in [0.5, 0.6) is 0 Å². The van der Waals surface area contributed by atoms with E-state index in [9.17, 15) is 4.79 Å². The molecule has 114 valence electrons. The fourth-order valence-corrected chi connectivity index (χ4v) is 2.50. The van der Waals surface area contributed by atoms with E-state index in [1.54, 1.807) is 36.7 Å². The van der Waals surface area contributed by atoms with E-state index >= 15 is 0 Å². The maximum absolute atomic E-state index is 12.3. The summed E-state index contributed by atoms with van der Waals surface area (Å²) in [6, 6.07) is 16.2. The van der Waals surface area contributed by atoms with Crippen molar-refractivity contribution in [3.63, 3.8) is 0 Å². The molecule has 0 unspecified atom stereocenters. The second kappa shape index (κ2) is 6.82. The zero-order chi connectivity index (χ0) is 16.2. The molecule has 0 aliphatic carbocycles. The molecule has 1 N–H and O–H groups in total. The van der Waals surface area contributed by atoms with Gasteiger partial charge in [0, 0.05) is 29.2 Å². The van der Waals surface area contributed by atoms with Gasteiger partial charge in [-0.25, -0.2) is 0 Å². The van der Waals surface area contributed by atoms with Gasteiger partial charge >= 0.3 is 0 Å². The second-order valence-electron chi connectivity index (χ2n) is 4.86. The number of benzene rings is 2. The highest BCUT2D eigenvalue weighted by Crippen LogP contribution is 2.32.